The van der Waals surface area contributed by atoms with Gasteiger partial charge < -0.3 is 5.32 Å². The Morgan fingerprint density at radius 3 is 2.50 bits per heavy atom. The molecule has 2 aromatic rings. The van der Waals surface area contributed by atoms with Crippen LogP contribution < -0.4 is 5.32 Å². The van der Waals surface area contributed by atoms with E-state index in [0.717, 1.165) is 18.5 Å². The number of carbonyl (C=O) groups excluding carboxylic acids is 1. The van der Waals surface area contributed by atoms with Crippen molar-refractivity contribution in [3.05, 3.63) is 42.0 Å². The van der Waals surface area contributed by atoms with Crippen molar-refractivity contribution in [1.29, 1.82) is 0 Å². The Labute approximate surface area is 108 Å². The molecule has 2 nitrogen and oxygen atoms in total. The van der Waals surface area contributed by atoms with Crippen LogP contribution in [0.3, 0.4) is 0 Å². The lowest BCUT2D eigenvalue weighted by atomic mass is 10.0. The molecule has 2 heteroatoms. The second kappa shape index (κ2) is 5.67. The van der Waals surface area contributed by atoms with Gasteiger partial charge in [-0.15, -0.1) is 0 Å². The Bertz CT molecular complexity index is 560. The highest BCUT2D eigenvalue weighted by atomic mass is 16.1. The van der Waals surface area contributed by atoms with E-state index in [-0.39, 0.29) is 5.91 Å². The maximum Gasteiger partial charge on any atom is 0.224 e. The number of anilines is 1. The van der Waals surface area contributed by atoms with Gasteiger partial charge in [-0.2, -0.15) is 0 Å². The van der Waals surface area contributed by atoms with E-state index in [2.05, 4.69) is 36.5 Å². The minimum atomic E-state index is 0.0852. The molecular weight excluding hydrogens is 222 g/mol. The smallest absolute Gasteiger partial charge is 0.224 e. The minimum Gasteiger partial charge on any atom is -0.326 e. The van der Waals surface area contributed by atoms with Crippen molar-refractivity contribution in [3.8, 4) is 0 Å². The van der Waals surface area contributed by atoms with Gasteiger partial charge in [-0.3, -0.25) is 4.79 Å². The molecule has 94 valence electrons. The highest BCUT2D eigenvalue weighted by Gasteiger charge is 2.02. The summed E-state index contributed by atoms with van der Waals surface area (Å²) in [7, 11) is 0. The number of fused-ring (bicyclic) bond motifs is 1. The van der Waals surface area contributed by atoms with Crippen molar-refractivity contribution in [1.82, 2.24) is 0 Å². The number of carbonyl (C=O) groups is 1. The van der Waals surface area contributed by atoms with Crippen molar-refractivity contribution in [2.45, 2.75) is 33.1 Å². The standard InChI is InChI=1S/C16H19NO/c1-3-5-16(18)17-15-9-8-13-10-12(4-2)6-7-14(13)11-15/h6-11H,3-5H2,1-2H3,(H,17,18). The summed E-state index contributed by atoms with van der Waals surface area (Å²) >= 11 is 0. The highest BCUT2D eigenvalue weighted by Crippen LogP contribution is 2.21. The molecule has 1 N–H and O–H groups in total. The molecule has 0 aromatic heterocycles. The van der Waals surface area contributed by atoms with E-state index < -0.39 is 0 Å². The van der Waals surface area contributed by atoms with E-state index in [1.807, 2.05) is 19.1 Å². The second-order valence-corrected chi connectivity index (χ2v) is 4.55. The monoisotopic (exact) mass is 241 g/mol. The molecule has 0 unspecified atom stereocenters. The van der Waals surface area contributed by atoms with Crippen LogP contribution in [-0.4, -0.2) is 5.91 Å². The van der Waals surface area contributed by atoms with Gasteiger partial charge in [0.15, 0.2) is 0 Å². The van der Waals surface area contributed by atoms with Crippen LogP contribution in [0.15, 0.2) is 36.4 Å². The number of aryl methyl sites for hydroxylation is 1. The molecule has 0 aliphatic heterocycles. The molecule has 0 spiro atoms. The molecule has 0 aliphatic rings. The summed E-state index contributed by atoms with van der Waals surface area (Å²) in [5.74, 6) is 0.0852. The first-order valence-electron chi connectivity index (χ1n) is 6.55. The molecule has 0 radical (unpaired) electrons. The van der Waals surface area contributed by atoms with Crippen molar-refractivity contribution in [2.24, 2.45) is 0 Å². The van der Waals surface area contributed by atoms with Gasteiger partial charge in [0.1, 0.15) is 0 Å². The normalized spacial score (nSPS) is 10.6. The zero-order valence-corrected chi connectivity index (χ0v) is 11.0. The highest BCUT2D eigenvalue weighted by molar-refractivity contribution is 5.94. The third-order valence-electron chi connectivity index (χ3n) is 3.07. The third kappa shape index (κ3) is 2.89. The van der Waals surface area contributed by atoms with E-state index in [1.165, 1.54) is 16.3 Å². The first kappa shape index (κ1) is 12.6. The van der Waals surface area contributed by atoms with Crippen LogP contribution in [0.1, 0.15) is 32.3 Å². The lowest BCUT2D eigenvalue weighted by Crippen LogP contribution is -2.10. The molecule has 2 aromatic carbocycles. The number of hydrogen-bond donors (Lipinski definition) is 1. The Hall–Kier alpha value is -1.83. The van der Waals surface area contributed by atoms with E-state index in [4.69, 9.17) is 0 Å². The molecule has 0 saturated carbocycles. The Morgan fingerprint density at radius 1 is 1.06 bits per heavy atom. The summed E-state index contributed by atoms with van der Waals surface area (Å²) in [6.45, 7) is 4.16. The summed E-state index contributed by atoms with van der Waals surface area (Å²) in [6.07, 6.45) is 2.50. The van der Waals surface area contributed by atoms with Gasteiger partial charge in [-0.25, -0.2) is 0 Å². The summed E-state index contributed by atoms with van der Waals surface area (Å²) < 4.78 is 0. The molecule has 0 saturated heterocycles. The molecule has 0 fully saturated rings. The van der Waals surface area contributed by atoms with Gasteiger partial charge in [-0.1, -0.05) is 38.1 Å². The summed E-state index contributed by atoms with van der Waals surface area (Å²) in [6, 6.07) is 12.5. The van der Waals surface area contributed by atoms with Gasteiger partial charge in [-0.05, 0) is 41.3 Å². The first-order valence-corrected chi connectivity index (χ1v) is 6.55. The molecular formula is C16H19NO. The predicted molar refractivity (Wildman–Crippen MR) is 76.9 cm³/mol. The lowest BCUT2D eigenvalue weighted by molar-refractivity contribution is -0.116. The second-order valence-electron chi connectivity index (χ2n) is 4.55. The van der Waals surface area contributed by atoms with E-state index >= 15 is 0 Å². The molecule has 18 heavy (non-hydrogen) atoms. The molecule has 0 bridgehead atoms. The summed E-state index contributed by atoms with van der Waals surface area (Å²) in [5, 5.41) is 5.32. The minimum absolute atomic E-state index is 0.0852. The number of benzene rings is 2. The van der Waals surface area contributed by atoms with E-state index in [1.54, 1.807) is 0 Å². The molecule has 1 amide bonds. The number of rotatable bonds is 4. The van der Waals surface area contributed by atoms with Crippen LogP contribution in [0, 0.1) is 0 Å². The van der Waals surface area contributed by atoms with Gasteiger partial charge in [0.25, 0.3) is 0 Å². The largest absolute Gasteiger partial charge is 0.326 e. The maximum absolute atomic E-state index is 11.5. The van der Waals surface area contributed by atoms with Gasteiger partial charge in [0.05, 0.1) is 0 Å². The fourth-order valence-corrected chi connectivity index (χ4v) is 2.04. The topological polar surface area (TPSA) is 29.1 Å². The van der Waals surface area contributed by atoms with E-state index in [0.29, 0.717) is 6.42 Å². The van der Waals surface area contributed by atoms with Crippen molar-refractivity contribution < 1.29 is 4.79 Å². The first-order chi connectivity index (χ1) is 8.72. The third-order valence-corrected chi connectivity index (χ3v) is 3.07. The molecule has 0 atom stereocenters. The fraction of sp³-hybridized carbons (Fsp3) is 0.312. The number of amides is 1. The van der Waals surface area contributed by atoms with Crippen molar-refractivity contribution >= 4 is 22.4 Å². The van der Waals surface area contributed by atoms with Crippen LogP contribution in [0.25, 0.3) is 10.8 Å². The van der Waals surface area contributed by atoms with E-state index in [9.17, 15) is 4.79 Å². The van der Waals surface area contributed by atoms with Crippen LogP contribution in [-0.2, 0) is 11.2 Å². The zero-order valence-electron chi connectivity index (χ0n) is 11.0. The van der Waals surface area contributed by atoms with Crippen LogP contribution in [0.5, 0.6) is 0 Å². The van der Waals surface area contributed by atoms with Crippen LogP contribution >= 0.6 is 0 Å². The Balaban J connectivity index is 2.25. The Morgan fingerprint density at radius 2 is 1.78 bits per heavy atom. The van der Waals surface area contributed by atoms with Crippen molar-refractivity contribution in [2.75, 3.05) is 5.32 Å². The lowest BCUT2D eigenvalue weighted by Gasteiger charge is -2.07. The van der Waals surface area contributed by atoms with Crippen molar-refractivity contribution in [3.63, 3.8) is 0 Å². The average molecular weight is 241 g/mol. The summed E-state index contributed by atoms with van der Waals surface area (Å²) in [5.41, 5.74) is 2.22. The fourth-order valence-electron chi connectivity index (χ4n) is 2.04. The Kier molecular flexibility index (Phi) is 3.98. The van der Waals surface area contributed by atoms with Crippen LogP contribution in [0.4, 0.5) is 5.69 Å². The molecule has 0 heterocycles. The number of hydrogen-bond acceptors (Lipinski definition) is 1. The van der Waals surface area contributed by atoms with Gasteiger partial charge >= 0.3 is 0 Å². The van der Waals surface area contributed by atoms with Gasteiger partial charge in [0.2, 0.25) is 5.91 Å². The van der Waals surface area contributed by atoms with Gasteiger partial charge in [0, 0.05) is 12.1 Å². The molecule has 0 aliphatic carbocycles. The predicted octanol–water partition coefficient (Wildman–Crippen LogP) is 4.14. The SMILES string of the molecule is CCCC(=O)Nc1ccc2cc(CC)ccc2c1. The van der Waals surface area contributed by atoms with Crippen LogP contribution in [0.2, 0.25) is 0 Å². The zero-order chi connectivity index (χ0) is 13.0. The quantitative estimate of drug-likeness (QED) is 0.856. The molecule has 2 rings (SSSR count). The average Bonchev–Trinajstić information content (AvgIpc) is 2.38. The maximum atomic E-state index is 11.5. The summed E-state index contributed by atoms with van der Waals surface area (Å²) in [4.78, 5) is 11.5. The number of nitrogens with one attached hydrogen (secondary N) is 1.